The Morgan fingerprint density at radius 2 is 2.11 bits per heavy atom. The highest BCUT2D eigenvalue weighted by Crippen LogP contribution is 2.26. The average Bonchev–Trinajstić information content (AvgIpc) is 2.29. The topological polar surface area (TPSA) is 64.3 Å². The van der Waals surface area contributed by atoms with E-state index in [-0.39, 0.29) is 0 Å². The van der Waals surface area contributed by atoms with Crippen molar-refractivity contribution < 1.29 is 9.53 Å². The maximum atomic E-state index is 10.9. The van der Waals surface area contributed by atoms with Crippen molar-refractivity contribution >= 4 is 21.8 Å². The summed E-state index contributed by atoms with van der Waals surface area (Å²) < 4.78 is 6.26. The Balaban J connectivity index is 2.70. The van der Waals surface area contributed by atoms with Gasteiger partial charge in [0.15, 0.2) is 6.10 Å². The van der Waals surface area contributed by atoms with Gasteiger partial charge in [0.2, 0.25) is 0 Å². The van der Waals surface area contributed by atoms with Crippen LogP contribution in [0.1, 0.15) is 26.3 Å². The quantitative estimate of drug-likeness (QED) is 0.846. The van der Waals surface area contributed by atoms with Crippen LogP contribution >= 0.6 is 15.9 Å². The lowest BCUT2D eigenvalue weighted by Crippen LogP contribution is -2.30. The second kappa shape index (κ2) is 6.75. The highest BCUT2D eigenvalue weighted by molar-refractivity contribution is 9.10. The normalized spacial score (nSPS) is 12.5. The Bertz CT molecular complexity index is 421. The maximum absolute atomic E-state index is 10.9. The van der Waals surface area contributed by atoms with Gasteiger partial charge in [-0.2, -0.15) is 0 Å². The number of nitrogens with two attached hydrogens (primary N) is 1. The van der Waals surface area contributed by atoms with Crippen molar-refractivity contribution in [2.45, 2.75) is 39.5 Å². The van der Waals surface area contributed by atoms with Crippen LogP contribution in [0.4, 0.5) is 0 Å². The molecule has 0 spiro atoms. The standard InChI is InChI=1S/C13H19BrN2O2/c1-8(2)16-7-10-4-5-12(11(14)6-10)18-9(3)13(15)17/h4-6,8-9,16H,7H2,1-3H3,(H2,15,17). The zero-order chi connectivity index (χ0) is 13.7. The number of amides is 1. The molecule has 0 aliphatic carbocycles. The molecule has 3 N–H and O–H groups in total. The Hall–Kier alpha value is -1.07. The molecule has 0 saturated carbocycles. The van der Waals surface area contributed by atoms with E-state index in [1.807, 2.05) is 18.2 Å². The molecule has 1 amide bonds. The minimum absolute atomic E-state index is 0.439. The van der Waals surface area contributed by atoms with E-state index in [1.54, 1.807) is 6.92 Å². The Labute approximate surface area is 116 Å². The van der Waals surface area contributed by atoms with Gasteiger partial charge in [0.25, 0.3) is 5.91 Å². The molecular weight excluding hydrogens is 296 g/mol. The molecule has 18 heavy (non-hydrogen) atoms. The maximum Gasteiger partial charge on any atom is 0.258 e. The molecule has 1 rings (SSSR count). The number of benzene rings is 1. The number of carbonyl (C=O) groups excluding carboxylic acids is 1. The number of hydrogen-bond donors (Lipinski definition) is 2. The molecule has 0 fully saturated rings. The number of halogens is 1. The molecule has 0 aliphatic heterocycles. The average molecular weight is 315 g/mol. The second-order valence-corrected chi connectivity index (χ2v) is 5.32. The van der Waals surface area contributed by atoms with Crippen LogP contribution in [0.2, 0.25) is 0 Å². The molecule has 4 nitrogen and oxygen atoms in total. The van der Waals surface area contributed by atoms with E-state index < -0.39 is 12.0 Å². The molecule has 0 bridgehead atoms. The molecule has 100 valence electrons. The first-order valence-corrected chi connectivity index (χ1v) is 6.67. The lowest BCUT2D eigenvalue weighted by Gasteiger charge is -2.14. The fraction of sp³-hybridized carbons (Fsp3) is 0.462. The van der Waals surface area contributed by atoms with Crippen LogP contribution in [0.5, 0.6) is 5.75 Å². The molecule has 1 aromatic rings. The van der Waals surface area contributed by atoms with Crippen LogP contribution in [0.3, 0.4) is 0 Å². The number of nitrogens with one attached hydrogen (secondary N) is 1. The smallest absolute Gasteiger partial charge is 0.258 e. The summed E-state index contributed by atoms with van der Waals surface area (Å²) in [6, 6.07) is 6.21. The minimum Gasteiger partial charge on any atom is -0.480 e. The van der Waals surface area contributed by atoms with Gasteiger partial charge in [-0.15, -0.1) is 0 Å². The van der Waals surface area contributed by atoms with Crippen LogP contribution < -0.4 is 15.8 Å². The molecule has 1 aromatic carbocycles. The highest BCUT2D eigenvalue weighted by atomic mass is 79.9. The van der Waals surface area contributed by atoms with E-state index in [4.69, 9.17) is 10.5 Å². The summed E-state index contributed by atoms with van der Waals surface area (Å²) in [4.78, 5) is 10.9. The molecule has 5 heteroatoms. The molecule has 0 heterocycles. The summed E-state index contributed by atoms with van der Waals surface area (Å²) in [5, 5.41) is 3.33. The molecule has 0 saturated heterocycles. The third kappa shape index (κ3) is 4.66. The molecular formula is C13H19BrN2O2. The molecule has 1 atom stereocenters. The Kier molecular flexibility index (Phi) is 5.62. The lowest BCUT2D eigenvalue weighted by molar-refractivity contribution is -0.124. The van der Waals surface area contributed by atoms with Crippen LogP contribution in [-0.4, -0.2) is 18.1 Å². The van der Waals surface area contributed by atoms with Crippen molar-refractivity contribution in [2.75, 3.05) is 0 Å². The highest BCUT2D eigenvalue weighted by Gasteiger charge is 2.12. The molecule has 0 aromatic heterocycles. The van der Waals surface area contributed by atoms with Crippen LogP contribution in [0, 0.1) is 0 Å². The largest absolute Gasteiger partial charge is 0.480 e. The summed E-state index contributed by atoms with van der Waals surface area (Å²) in [7, 11) is 0. The Morgan fingerprint density at radius 3 is 2.61 bits per heavy atom. The first-order chi connectivity index (χ1) is 8.40. The van der Waals surface area contributed by atoms with Gasteiger partial charge in [-0.25, -0.2) is 0 Å². The van der Waals surface area contributed by atoms with Crippen LogP contribution in [0.25, 0.3) is 0 Å². The number of hydrogen-bond acceptors (Lipinski definition) is 3. The summed E-state index contributed by atoms with van der Waals surface area (Å²) in [6.07, 6.45) is -0.638. The zero-order valence-electron chi connectivity index (χ0n) is 10.9. The molecule has 0 aliphatic rings. The fourth-order valence-electron chi connectivity index (χ4n) is 1.32. The lowest BCUT2D eigenvalue weighted by atomic mass is 10.2. The van der Waals surface area contributed by atoms with Crippen LogP contribution in [0.15, 0.2) is 22.7 Å². The predicted molar refractivity (Wildman–Crippen MR) is 75.4 cm³/mol. The van der Waals surface area contributed by atoms with Crippen LogP contribution in [-0.2, 0) is 11.3 Å². The number of primary amides is 1. The van der Waals surface area contributed by atoms with E-state index >= 15 is 0 Å². The first-order valence-electron chi connectivity index (χ1n) is 5.88. The SMILES string of the molecule is CC(C)NCc1ccc(OC(C)C(N)=O)c(Br)c1. The zero-order valence-corrected chi connectivity index (χ0v) is 12.5. The number of ether oxygens (including phenoxy) is 1. The van der Waals surface area contributed by atoms with E-state index in [0.29, 0.717) is 11.8 Å². The molecule has 1 unspecified atom stereocenters. The van der Waals surface area contributed by atoms with E-state index in [2.05, 4.69) is 35.1 Å². The van der Waals surface area contributed by atoms with Crippen molar-refractivity contribution in [1.29, 1.82) is 0 Å². The predicted octanol–water partition coefficient (Wildman–Crippen LogP) is 2.20. The van der Waals surface area contributed by atoms with E-state index in [1.165, 1.54) is 0 Å². The van der Waals surface area contributed by atoms with Gasteiger partial charge in [0.05, 0.1) is 4.47 Å². The van der Waals surface area contributed by atoms with Crippen molar-refractivity contribution in [3.05, 3.63) is 28.2 Å². The van der Waals surface area contributed by atoms with Gasteiger partial charge in [-0.1, -0.05) is 19.9 Å². The number of carbonyl (C=O) groups is 1. The van der Waals surface area contributed by atoms with E-state index in [9.17, 15) is 4.79 Å². The third-order valence-corrected chi connectivity index (χ3v) is 3.03. The van der Waals surface area contributed by atoms with Gasteiger partial charge in [-0.3, -0.25) is 4.79 Å². The minimum atomic E-state index is -0.638. The van der Waals surface area contributed by atoms with Crippen molar-refractivity contribution in [1.82, 2.24) is 5.32 Å². The van der Waals surface area contributed by atoms with Crippen molar-refractivity contribution in [2.24, 2.45) is 5.73 Å². The van der Waals surface area contributed by atoms with Crippen molar-refractivity contribution in [3.63, 3.8) is 0 Å². The van der Waals surface area contributed by atoms with Crippen molar-refractivity contribution in [3.8, 4) is 5.75 Å². The second-order valence-electron chi connectivity index (χ2n) is 4.46. The summed E-state index contributed by atoms with van der Waals surface area (Å²) >= 11 is 3.43. The van der Waals surface area contributed by atoms with Gasteiger partial charge >= 0.3 is 0 Å². The Morgan fingerprint density at radius 1 is 1.44 bits per heavy atom. The summed E-state index contributed by atoms with van der Waals surface area (Å²) in [6.45, 7) is 6.62. The van der Waals surface area contributed by atoms with E-state index in [0.717, 1.165) is 16.6 Å². The first kappa shape index (κ1) is 15.0. The number of rotatable bonds is 6. The molecule has 0 radical (unpaired) electrons. The summed E-state index contributed by atoms with van der Waals surface area (Å²) in [5.74, 6) is 0.141. The monoisotopic (exact) mass is 314 g/mol. The van der Waals surface area contributed by atoms with Gasteiger partial charge in [0, 0.05) is 12.6 Å². The fourth-order valence-corrected chi connectivity index (χ4v) is 1.84. The third-order valence-electron chi connectivity index (χ3n) is 2.42. The van der Waals surface area contributed by atoms with Gasteiger partial charge in [0.1, 0.15) is 5.75 Å². The summed E-state index contributed by atoms with van der Waals surface area (Å²) in [5.41, 5.74) is 6.30. The van der Waals surface area contributed by atoms with Gasteiger partial charge in [-0.05, 0) is 40.5 Å². The van der Waals surface area contributed by atoms with Gasteiger partial charge < -0.3 is 15.8 Å².